The van der Waals surface area contributed by atoms with Crippen LogP contribution in [-0.4, -0.2) is 36.8 Å². The van der Waals surface area contributed by atoms with Gasteiger partial charge in [0.1, 0.15) is 5.75 Å². The van der Waals surface area contributed by atoms with Gasteiger partial charge in [-0.15, -0.1) is 0 Å². The second kappa shape index (κ2) is 6.69. The molecule has 0 saturated heterocycles. The first-order chi connectivity index (χ1) is 10.7. The summed E-state index contributed by atoms with van der Waals surface area (Å²) in [5, 5.41) is 10.0. The Morgan fingerprint density at radius 1 is 1.27 bits per heavy atom. The third-order valence-corrected chi connectivity index (χ3v) is 4.54. The van der Waals surface area contributed by atoms with Crippen molar-refractivity contribution in [2.45, 2.75) is 12.5 Å². The largest absolute Gasteiger partial charge is 0.495 e. The van der Waals surface area contributed by atoms with Gasteiger partial charge in [0.15, 0.2) is 0 Å². The van der Waals surface area contributed by atoms with Crippen molar-refractivity contribution in [2.75, 3.05) is 26.8 Å². The van der Waals surface area contributed by atoms with E-state index in [0.717, 1.165) is 13.0 Å². The van der Waals surface area contributed by atoms with E-state index >= 15 is 0 Å². The maximum atomic E-state index is 9.39. The molecule has 1 aliphatic rings. The smallest absolute Gasteiger partial charge is 0.137 e. The van der Waals surface area contributed by atoms with E-state index in [1.807, 2.05) is 30.3 Å². The molecule has 0 radical (unpaired) electrons. The van der Waals surface area contributed by atoms with E-state index in [1.165, 1.54) is 16.7 Å². The Hall–Kier alpha value is -1.55. The highest BCUT2D eigenvalue weighted by Gasteiger charge is 2.29. The molecule has 1 heterocycles. The summed E-state index contributed by atoms with van der Waals surface area (Å²) in [6.45, 7) is 1.73. The summed E-state index contributed by atoms with van der Waals surface area (Å²) >= 11 is 6.27. The van der Waals surface area contributed by atoms with Crippen LogP contribution in [0.1, 0.15) is 22.7 Å². The number of β-amino-alcohol motifs (C(OH)–C–C–N with tert-alkyl or cyclic N) is 1. The van der Waals surface area contributed by atoms with Crippen LogP contribution in [0, 0.1) is 0 Å². The van der Waals surface area contributed by atoms with E-state index < -0.39 is 0 Å². The zero-order valence-electron chi connectivity index (χ0n) is 12.6. The second-order valence-corrected chi connectivity index (χ2v) is 5.92. The highest BCUT2D eigenvalue weighted by atomic mass is 35.5. The lowest BCUT2D eigenvalue weighted by atomic mass is 9.88. The molecule has 4 heteroatoms. The Kier molecular flexibility index (Phi) is 4.67. The number of ether oxygens (including phenoxy) is 1. The first-order valence-electron chi connectivity index (χ1n) is 7.50. The van der Waals surface area contributed by atoms with Gasteiger partial charge in [-0.05, 0) is 35.2 Å². The number of halogens is 1. The fourth-order valence-electron chi connectivity index (χ4n) is 3.22. The Morgan fingerprint density at radius 3 is 2.73 bits per heavy atom. The van der Waals surface area contributed by atoms with E-state index in [4.69, 9.17) is 16.3 Å². The van der Waals surface area contributed by atoms with Crippen LogP contribution >= 0.6 is 11.6 Å². The molecule has 1 N–H and O–H groups in total. The molecule has 3 rings (SSSR count). The third-order valence-electron chi connectivity index (χ3n) is 4.24. The van der Waals surface area contributed by atoms with Crippen LogP contribution < -0.4 is 4.74 Å². The van der Waals surface area contributed by atoms with Gasteiger partial charge < -0.3 is 9.84 Å². The summed E-state index contributed by atoms with van der Waals surface area (Å²) in [5.41, 5.74) is 3.70. The van der Waals surface area contributed by atoms with E-state index in [-0.39, 0.29) is 12.6 Å². The van der Waals surface area contributed by atoms with Gasteiger partial charge in [0.25, 0.3) is 0 Å². The first-order valence-corrected chi connectivity index (χ1v) is 7.88. The Labute approximate surface area is 136 Å². The fraction of sp³-hybridized carbons (Fsp3) is 0.333. The maximum Gasteiger partial charge on any atom is 0.137 e. The SMILES string of the molecule is COc1cc2c(cc1Cl)CCN(CCO)[C@@H]2c1ccccc1. The molecule has 0 amide bonds. The van der Waals surface area contributed by atoms with Gasteiger partial charge in [-0.1, -0.05) is 41.9 Å². The van der Waals surface area contributed by atoms with Crippen molar-refractivity contribution in [1.29, 1.82) is 0 Å². The number of methoxy groups -OCH3 is 1. The molecule has 0 fully saturated rings. The third kappa shape index (κ3) is 2.84. The minimum atomic E-state index is 0.128. The van der Waals surface area contributed by atoms with Gasteiger partial charge in [0, 0.05) is 13.1 Å². The zero-order chi connectivity index (χ0) is 15.5. The normalized spacial score (nSPS) is 18.0. The molecular weight excluding hydrogens is 298 g/mol. The van der Waals surface area contributed by atoms with Crippen LogP contribution in [0.3, 0.4) is 0 Å². The summed E-state index contributed by atoms with van der Waals surface area (Å²) in [7, 11) is 1.64. The number of aliphatic hydroxyl groups excluding tert-OH is 1. The van der Waals surface area contributed by atoms with Gasteiger partial charge in [-0.3, -0.25) is 4.90 Å². The van der Waals surface area contributed by atoms with Crippen LogP contribution in [0.2, 0.25) is 5.02 Å². The molecule has 0 aliphatic carbocycles. The quantitative estimate of drug-likeness (QED) is 0.939. The molecule has 3 nitrogen and oxygen atoms in total. The molecule has 0 bridgehead atoms. The van der Waals surface area contributed by atoms with E-state index in [1.54, 1.807) is 7.11 Å². The summed E-state index contributed by atoms with van der Waals surface area (Å²) in [6.07, 6.45) is 0.933. The average Bonchev–Trinajstić information content (AvgIpc) is 2.55. The summed E-state index contributed by atoms with van der Waals surface area (Å²) in [5.74, 6) is 0.701. The van der Waals surface area contributed by atoms with Crippen molar-refractivity contribution in [2.24, 2.45) is 0 Å². The van der Waals surface area contributed by atoms with Crippen LogP contribution in [0.5, 0.6) is 5.75 Å². The average molecular weight is 318 g/mol. The molecule has 2 aromatic rings. The molecular formula is C18H20ClNO2. The zero-order valence-corrected chi connectivity index (χ0v) is 13.4. The van der Waals surface area contributed by atoms with Crippen LogP contribution in [0.15, 0.2) is 42.5 Å². The molecule has 1 atom stereocenters. The van der Waals surface area contributed by atoms with Gasteiger partial charge in [-0.25, -0.2) is 0 Å². The standard InChI is InChI=1S/C18H20ClNO2/c1-22-17-12-15-14(11-16(17)19)7-8-20(9-10-21)18(15)13-5-3-2-4-6-13/h2-6,11-12,18,21H,7-10H2,1H3/t18-/m1/s1. The highest BCUT2D eigenvalue weighted by Crippen LogP contribution is 2.39. The molecule has 0 aromatic heterocycles. The van der Waals surface area contributed by atoms with Gasteiger partial charge in [0.2, 0.25) is 0 Å². The van der Waals surface area contributed by atoms with Crippen molar-refractivity contribution in [1.82, 2.24) is 4.90 Å². The number of hydrogen-bond donors (Lipinski definition) is 1. The molecule has 0 saturated carbocycles. The van der Waals surface area contributed by atoms with Gasteiger partial charge >= 0.3 is 0 Å². The first kappa shape index (κ1) is 15.3. The number of aliphatic hydroxyl groups is 1. The van der Waals surface area contributed by atoms with E-state index in [0.29, 0.717) is 17.3 Å². The summed E-state index contributed by atoms with van der Waals surface area (Å²) < 4.78 is 5.39. The number of fused-ring (bicyclic) bond motifs is 1. The lowest BCUT2D eigenvalue weighted by molar-refractivity contribution is 0.160. The summed E-state index contributed by atoms with van der Waals surface area (Å²) in [4.78, 5) is 2.31. The van der Waals surface area contributed by atoms with E-state index in [2.05, 4.69) is 17.0 Å². The van der Waals surface area contributed by atoms with Crippen molar-refractivity contribution in [3.63, 3.8) is 0 Å². The van der Waals surface area contributed by atoms with Crippen LogP contribution in [0.4, 0.5) is 0 Å². The second-order valence-electron chi connectivity index (χ2n) is 5.51. The summed E-state index contributed by atoms with van der Waals surface area (Å²) in [6, 6.07) is 14.6. The Balaban J connectivity index is 2.11. The molecule has 116 valence electrons. The highest BCUT2D eigenvalue weighted by molar-refractivity contribution is 6.32. The number of nitrogens with zero attached hydrogens (tertiary/aromatic N) is 1. The predicted molar refractivity (Wildman–Crippen MR) is 88.7 cm³/mol. The molecule has 22 heavy (non-hydrogen) atoms. The van der Waals surface area contributed by atoms with Crippen molar-refractivity contribution < 1.29 is 9.84 Å². The minimum absolute atomic E-state index is 0.128. The minimum Gasteiger partial charge on any atom is -0.495 e. The van der Waals surface area contributed by atoms with Crippen molar-refractivity contribution in [3.05, 3.63) is 64.2 Å². The monoisotopic (exact) mass is 317 g/mol. The molecule has 1 aliphatic heterocycles. The van der Waals surface area contributed by atoms with Crippen LogP contribution in [-0.2, 0) is 6.42 Å². The van der Waals surface area contributed by atoms with Crippen molar-refractivity contribution >= 4 is 11.6 Å². The number of benzene rings is 2. The lowest BCUT2D eigenvalue weighted by Crippen LogP contribution is -2.38. The maximum absolute atomic E-state index is 9.39. The Bertz CT molecular complexity index is 645. The Morgan fingerprint density at radius 2 is 2.05 bits per heavy atom. The lowest BCUT2D eigenvalue weighted by Gasteiger charge is -2.37. The predicted octanol–water partition coefficient (Wildman–Crippen LogP) is 3.29. The van der Waals surface area contributed by atoms with Crippen LogP contribution in [0.25, 0.3) is 0 Å². The fourth-order valence-corrected chi connectivity index (χ4v) is 3.49. The number of hydrogen-bond acceptors (Lipinski definition) is 3. The van der Waals surface area contributed by atoms with Gasteiger partial charge in [-0.2, -0.15) is 0 Å². The number of rotatable bonds is 4. The molecule has 2 aromatic carbocycles. The molecule has 0 unspecified atom stereocenters. The topological polar surface area (TPSA) is 32.7 Å². The molecule has 0 spiro atoms. The van der Waals surface area contributed by atoms with E-state index in [9.17, 15) is 5.11 Å². The van der Waals surface area contributed by atoms with Gasteiger partial charge in [0.05, 0.1) is 24.8 Å². The van der Waals surface area contributed by atoms with Crippen molar-refractivity contribution in [3.8, 4) is 5.75 Å².